The van der Waals surface area contributed by atoms with Gasteiger partial charge in [-0.05, 0) is 36.8 Å². The van der Waals surface area contributed by atoms with Crippen molar-refractivity contribution in [1.29, 1.82) is 0 Å². The number of amides is 1. The minimum Gasteiger partial charge on any atom is -0.439 e. The van der Waals surface area contributed by atoms with E-state index in [0.29, 0.717) is 22.8 Å². The zero-order valence-electron chi connectivity index (χ0n) is 10.3. The van der Waals surface area contributed by atoms with Gasteiger partial charge in [0.2, 0.25) is 11.8 Å². The number of nitrogens with two attached hydrogens (primary N) is 1. The molecule has 0 bridgehead atoms. The van der Waals surface area contributed by atoms with Gasteiger partial charge in [0, 0.05) is 17.8 Å². The van der Waals surface area contributed by atoms with E-state index < -0.39 is 5.91 Å². The topological polar surface area (TPSA) is 82.3 Å². The lowest BCUT2D eigenvalue weighted by atomic mass is 10.1. The molecule has 0 radical (unpaired) electrons. The molecule has 2 aromatic rings. The van der Waals surface area contributed by atoms with Crippen LogP contribution in [0.5, 0.6) is 11.6 Å². The summed E-state index contributed by atoms with van der Waals surface area (Å²) in [6.07, 6.45) is 2.13. The van der Waals surface area contributed by atoms with Gasteiger partial charge >= 0.3 is 0 Å². The molecule has 96 valence electrons. The Labute approximate surface area is 110 Å². The molecule has 0 aliphatic rings. The first kappa shape index (κ1) is 12.8. The van der Waals surface area contributed by atoms with Crippen LogP contribution in [0, 0.1) is 6.92 Å². The van der Waals surface area contributed by atoms with Crippen molar-refractivity contribution in [3.8, 4) is 11.6 Å². The highest BCUT2D eigenvalue weighted by Gasteiger charge is 2.05. The van der Waals surface area contributed by atoms with E-state index in [2.05, 4.69) is 4.98 Å². The average molecular weight is 256 g/mol. The molecule has 1 amide bonds. The van der Waals surface area contributed by atoms with E-state index in [0.717, 1.165) is 11.8 Å². The molecule has 0 saturated carbocycles. The fourth-order valence-corrected chi connectivity index (χ4v) is 1.56. The molecule has 1 aromatic carbocycles. The molecule has 2 rings (SSSR count). The van der Waals surface area contributed by atoms with Crippen molar-refractivity contribution >= 4 is 12.2 Å². The predicted molar refractivity (Wildman–Crippen MR) is 69.4 cm³/mol. The number of carbonyl (C=O) groups is 2. The molecule has 0 aliphatic heterocycles. The standard InChI is InChI=1S/C14H12N2O3/c1-9-6-10(8-17)2-4-12(9)19-13-5-3-11(7-16-13)14(15)18/h2-8H,1H3,(H2,15,18). The normalized spacial score (nSPS) is 9.95. The summed E-state index contributed by atoms with van der Waals surface area (Å²) in [6, 6.07) is 8.18. The maximum Gasteiger partial charge on any atom is 0.250 e. The summed E-state index contributed by atoms with van der Waals surface area (Å²) in [5, 5.41) is 0. The number of hydrogen-bond donors (Lipinski definition) is 1. The minimum absolute atomic E-state index is 0.320. The highest BCUT2D eigenvalue weighted by atomic mass is 16.5. The van der Waals surface area contributed by atoms with E-state index in [1.165, 1.54) is 6.20 Å². The van der Waals surface area contributed by atoms with Crippen molar-refractivity contribution in [3.05, 3.63) is 53.2 Å². The van der Waals surface area contributed by atoms with Crippen LogP contribution >= 0.6 is 0 Å². The highest BCUT2D eigenvalue weighted by molar-refractivity contribution is 5.92. The zero-order valence-corrected chi connectivity index (χ0v) is 10.3. The number of benzene rings is 1. The Bertz CT molecular complexity index is 621. The molecule has 0 fully saturated rings. The number of rotatable bonds is 4. The van der Waals surface area contributed by atoms with Gasteiger partial charge in [-0.2, -0.15) is 0 Å². The SMILES string of the molecule is Cc1cc(C=O)ccc1Oc1ccc(C(N)=O)cn1. The van der Waals surface area contributed by atoms with E-state index in [-0.39, 0.29) is 0 Å². The molecule has 0 atom stereocenters. The van der Waals surface area contributed by atoms with Gasteiger partial charge < -0.3 is 10.5 Å². The third-order valence-corrected chi connectivity index (χ3v) is 2.57. The monoisotopic (exact) mass is 256 g/mol. The summed E-state index contributed by atoms with van der Waals surface area (Å²) < 4.78 is 5.56. The van der Waals surface area contributed by atoms with Crippen LogP contribution in [0.25, 0.3) is 0 Å². The van der Waals surface area contributed by atoms with Crippen molar-refractivity contribution in [2.24, 2.45) is 5.73 Å². The van der Waals surface area contributed by atoms with Crippen molar-refractivity contribution in [1.82, 2.24) is 4.98 Å². The summed E-state index contributed by atoms with van der Waals surface area (Å²) in [5.41, 5.74) is 6.85. The highest BCUT2D eigenvalue weighted by Crippen LogP contribution is 2.24. The third-order valence-electron chi connectivity index (χ3n) is 2.57. The lowest BCUT2D eigenvalue weighted by molar-refractivity contribution is 0.0999. The van der Waals surface area contributed by atoms with Gasteiger partial charge in [-0.3, -0.25) is 9.59 Å². The van der Waals surface area contributed by atoms with E-state index in [1.54, 1.807) is 30.3 Å². The van der Waals surface area contributed by atoms with Gasteiger partial charge in [0.1, 0.15) is 12.0 Å². The average Bonchev–Trinajstić information content (AvgIpc) is 2.41. The van der Waals surface area contributed by atoms with Crippen LogP contribution in [0.1, 0.15) is 26.3 Å². The summed E-state index contributed by atoms with van der Waals surface area (Å²) in [5.74, 6) is 0.419. The fraction of sp³-hybridized carbons (Fsp3) is 0.0714. The second-order valence-corrected chi connectivity index (χ2v) is 3.99. The van der Waals surface area contributed by atoms with Gasteiger partial charge in [0.25, 0.3) is 0 Å². The minimum atomic E-state index is -0.537. The Morgan fingerprint density at radius 1 is 1.32 bits per heavy atom. The summed E-state index contributed by atoms with van der Waals surface area (Å²) >= 11 is 0. The molecule has 1 aromatic heterocycles. The molecule has 1 heterocycles. The smallest absolute Gasteiger partial charge is 0.250 e. The fourth-order valence-electron chi connectivity index (χ4n) is 1.56. The van der Waals surface area contributed by atoms with E-state index in [4.69, 9.17) is 10.5 Å². The number of primary amides is 1. The van der Waals surface area contributed by atoms with Crippen molar-refractivity contribution in [2.75, 3.05) is 0 Å². The van der Waals surface area contributed by atoms with Crippen molar-refractivity contribution in [2.45, 2.75) is 6.92 Å². The summed E-state index contributed by atoms with van der Waals surface area (Å²) in [4.78, 5) is 25.5. The van der Waals surface area contributed by atoms with E-state index >= 15 is 0 Å². The quantitative estimate of drug-likeness (QED) is 0.849. The van der Waals surface area contributed by atoms with Crippen molar-refractivity contribution < 1.29 is 14.3 Å². The van der Waals surface area contributed by atoms with Crippen LogP contribution in [-0.4, -0.2) is 17.2 Å². The van der Waals surface area contributed by atoms with Crippen LogP contribution < -0.4 is 10.5 Å². The van der Waals surface area contributed by atoms with E-state index in [1.807, 2.05) is 6.92 Å². The number of nitrogens with zero attached hydrogens (tertiary/aromatic N) is 1. The largest absolute Gasteiger partial charge is 0.439 e. The number of pyridine rings is 1. The lowest BCUT2D eigenvalue weighted by Crippen LogP contribution is -2.10. The molecule has 0 aliphatic carbocycles. The van der Waals surface area contributed by atoms with Gasteiger partial charge in [0.15, 0.2) is 0 Å². The van der Waals surface area contributed by atoms with Crippen LogP contribution in [0.4, 0.5) is 0 Å². The summed E-state index contributed by atoms with van der Waals surface area (Å²) in [7, 11) is 0. The second-order valence-electron chi connectivity index (χ2n) is 3.99. The Morgan fingerprint density at radius 2 is 2.11 bits per heavy atom. The van der Waals surface area contributed by atoms with Crippen LogP contribution in [0.15, 0.2) is 36.5 Å². The maximum atomic E-state index is 10.9. The molecule has 5 nitrogen and oxygen atoms in total. The molecular formula is C14H12N2O3. The Hall–Kier alpha value is -2.69. The molecule has 0 saturated heterocycles. The van der Waals surface area contributed by atoms with E-state index in [9.17, 15) is 9.59 Å². The number of aromatic nitrogens is 1. The molecule has 19 heavy (non-hydrogen) atoms. The van der Waals surface area contributed by atoms with Crippen LogP contribution in [0.2, 0.25) is 0 Å². The zero-order chi connectivity index (χ0) is 13.8. The first-order valence-corrected chi connectivity index (χ1v) is 5.59. The summed E-state index contributed by atoms with van der Waals surface area (Å²) in [6.45, 7) is 1.83. The number of aryl methyl sites for hydroxylation is 1. The lowest BCUT2D eigenvalue weighted by Gasteiger charge is -2.08. The number of aldehydes is 1. The van der Waals surface area contributed by atoms with Gasteiger partial charge in [0.05, 0.1) is 5.56 Å². The van der Waals surface area contributed by atoms with Crippen LogP contribution in [-0.2, 0) is 0 Å². The molecule has 5 heteroatoms. The number of hydrogen-bond acceptors (Lipinski definition) is 4. The predicted octanol–water partition coefficient (Wildman–Crippen LogP) is 2.09. The second kappa shape index (κ2) is 5.30. The number of ether oxygens (including phenoxy) is 1. The molecular weight excluding hydrogens is 244 g/mol. The van der Waals surface area contributed by atoms with Gasteiger partial charge in [-0.25, -0.2) is 4.98 Å². The molecule has 2 N–H and O–H groups in total. The Balaban J connectivity index is 2.21. The third kappa shape index (κ3) is 2.95. The maximum absolute atomic E-state index is 10.9. The van der Waals surface area contributed by atoms with Gasteiger partial charge in [-0.1, -0.05) is 0 Å². The Morgan fingerprint density at radius 3 is 2.63 bits per heavy atom. The van der Waals surface area contributed by atoms with Crippen LogP contribution in [0.3, 0.4) is 0 Å². The first-order valence-electron chi connectivity index (χ1n) is 5.59. The van der Waals surface area contributed by atoms with Crippen molar-refractivity contribution in [3.63, 3.8) is 0 Å². The Kier molecular flexibility index (Phi) is 3.56. The first-order chi connectivity index (χ1) is 9.10. The van der Waals surface area contributed by atoms with Gasteiger partial charge in [-0.15, -0.1) is 0 Å². The molecule has 0 unspecified atom stereocenters. The number of carbonyl (C=O) groups excluding carboxylic acids is 2. The molecule has 0 spiro atoms.